The van der Waals surface area contributed by atoms with Gasteiger partial charge in [-0.15, -0.1) is 5.11 Å². The predicted molar refractivity (Wildman–Crippen MR) is 98.2 cm³/mol. The molecule has 0 aromatic heterocycles. The van der Waals surface area contributed by atoms with Crippen LogP contribution in [0.4, 0.5) is 21.5 Å². The number of nitrogens with two attached hydrogens (primary N) is 1. The summed E-state index contributed by atoms with van der Waals surface area (Å²) in [6.45, 7) is 5.61. The van der Waals surface area contributed by atoms with E-state index in [2.05, 4.69) is 15.7 Å². The van der Waals surface area contributed by atoms with E-state index in [0.717, 1.165) is 22.1 Å². The zero-order valence-electron chi connectivity index (χ0n) is 14.3. The number of fused-ring (bicyclic) bond motifs is 1. The molecule has 0 aliphatic heterocycles. The van der Waals surface area contributed by atoms with E-state index in [-0.39, 0.29) is 11.6 Å². The Morgan fingerprint density at radius 3 is 2.48 bits per heavy atom. The Bertz CT molecular complexity index is 999. The number of nitrogen functional groups attached to an aromatic ring is 1. The van der Waals surface area contributed by atoms with Gasteiger partial charge in [0.2, 0.25) is 0 Å². The van der Waals surface area contributed by atoms with Gasteiger partial charge in [-0.25, -0.2) is 4.39 Å². The molecule has 0 bridgehead atoms. The Kier molecular flexibility index (Phi) is 4.37. The van der Waals surface area contributed by atoms with Crippen molar-refractivity contribution in [2.75, 3.05) is 5.43 Å². The normalized spacial score (nSPS) is 11.4. The fourth-order valence-corrected chi connectivity index (χ4v) is 2.83. The average molecular weight is 338 g/mol. The zero-order valence-corrected chi connectivity index (χ0v) is 14.3. The molecule has 0 spiro atoms. The van der Waals surface area contributed by atoms with Crippen molar-refractivity contribution in [3.63, 3.8) is 0 Å². The second-order valence-corrected chi connectivity index (χ2v) is 6.08. The van der Waals surface area contributed by atoms with Crippen LogP contribution in [0.1, 0.15) is 16.7 Å². The molecule has 4 N–H and O–H groups in total. The van der Waals surface area contributed by atoms with Crippen LogP contribution < -0.4 is 11.3 Å². The van der Waals surface area contributed by atoms with Crippen LogP contribution in [-0.4, -0.2) is 5.11 Å². The molecular formula is C19H19FN4O. The zero-order chi connectivity index (χ0) is 18.1. The van der Waals surface area contributed by atoms with E-state index in [1.54, 1.807) is 6.07 Å². The average Bonchev–Trinajstić information content (AvgIpc) is 2.56. The van der Waals surface area contributed by atoms with Crippen molar-refractivity contribution in [1.82, 2.24) is 0 Å². The molecule has 0 unspecified atom stereocenters. The van der Waals surface area contributed by atoms with Crippen molar-refractivity contribution in [2.24, 2.45) is 16.1 Å². The van der Waals surface area contributed by atoms with Gasteiger partial charge in [-0.2, -0.15) is 5.11 Å². The molecule has 0 heterocycles. The minimum atomic E-state index is -0.385. The molecule has 5 nitrogen and oxygen atoms in total. The van der Waals surface area contributed by atoms with E-state index in [1.807, 2.05) is 39.0 Å². The number of phenolic OH excluding ortho intramolecular Hbond substituents is 1. The maximum atomic E-state index is 13.4. The number of aryl methyl sites for hydroxylation is 3. The van der Waals surface area contributed by atoms with Crippen LogP contribution >= 0.6 is 0 Å². The first kappa shape index (κ1) is 16.9. The fraction of sp³-hybridized carbons (Fsp3) is 0.158. The fourth-order valence-electron chi connectivity index (χ4n) is 2.83. The summed E-state index contributed by atoms with van der Waals surface area (Å²) in [5.41, 5.74) is 6.53. The lowest BCUT2D eigenvalue weighted by Gasteiger charge is -2.12. The second kappa shape index (κ2) is 6.49. The first-order chi connectivity index (χ1) is 11.9. The molecular weight excluding hydrogens is 319 g/mol. The van der Waals surface area contributed by atoms with Gasteiger partial charge in [0.1, 0.15) is 11.5 Å². The molecule has 0 saturated heterocycles. The number of hydrogen-bond donors (Lipinski definition) is 3. The van der Waals surface area contributed by atoms with E-state index in [9.17, 15) is 9.50 Å². The van der Waals surface area contributed by atoms with Crippen molar-refractivity contribution in [1.29, 1.82) is 0 Å². The molecule has 0 amide bonds. The monoisotopic (exact) mass is 338 g/mol. The molecule has 3 aromatic rings. The lowest BCUT2D eigenvalue weighted by atomic mass is 10.0. The van der Waals surface area contributed by atoms with Crippen molar-refractivity contribution in [3.8, 4) is 5.75 Å². The Labute approximate surface area is 145 Å². The minimum Gasteiger partial charge on any atom is -0.505 e. The number of hydrogen-bond acceptors (Lipinski definition) is 5. The van der Waals surface area contributed by atoms with Crippen molar-refractivity contribution >= 4 is 27.8 Å². The quantitative estimate of drug-likeness (QED) is 0.344. The SMILES string of the molecule is Cc1cc(NN)c2c(O)c(N=Nc3cc(F)ccc3C)c(C)cc2c1. The second-order valence-electron chi connectivity index (χ2n) is 6.08. The Morgan fingerprint density at radius 1 is 1.00 bits per heavy atom. The summed E-state index contributed by atoms with van der Waals surface area (Å²) < 4.78 is 13.4. The molecule has 0 atom stereocenters. The first-order valence-electron chi connectivity index (χ1n) is 7.82. The van der Waals surface area contributed by atoms with Crippen molar-refractivity contribution < 1.29 is 9.50 Å². The number of halogens is 1. The number of hydrazine groups is 1. The highest BCUT2D eigenvalue weighted by atomic mass is 19.1. The summed E-state index contributed by atoms with van der Waals surface area (Å²) in [5, 5.41) is 20.4. The Balaban J connectivity index is 2.18. The molecule has 128 valence electrons. The largest absolute Gasteiger partial charge is 0.505 e. The van der Waals surface area contributed by atoms with Gasteiger partial charge in [0.25, 0.3) is 0 Å². The third kappa shape index (κ3) is 3.16. The highest BCUT2D eigenvalue weighted by Gasteiger charge is 2.14. The van der Waals surface area contributed by atoms with Crippen LogP contribution in [0.3, 0.4) is 0 Å². The van der Waals surface area contributed by atoms with Crippen LogP contribution in [0.5, 0.6) is 5.75 Å². The van der Waals surface area contributed by atoms with Gasteiger partial charge in [-0.05, 0) is 61.0 Å². The van der Waals surface area contributed by atoms with Gasteiger partial charge in [-0.1, -0.05) is 12.1 Å². The van der Waals surface area contributed by atoms with Gasteiger partial charge in [0.15, 0.2) is 5.75 Å². The lowest BCUT2D eigenvalue weighted by molar-refractivity contribution is 0.482. The van der Waals surface area contributed by atoms with Crippen LogP contribution in [0.15, 0.2) is 46.6 Å². The van der Waals surface area contributed by atoms with E-state index >= 15 is 0 Å². The maximum Gasteiger partial charge on any atom is 0.153 e. The molecule has 0 aliphatic rings. The van der Waals surface area contributed by atoms with E-state index in [0.29, 0.717) is 22.4 Å². The van der Waals surface area contributed by atoms with Crippen molar-refractivity contribution in [3.05, 3.63) is 58.9 Å². The number of rotatable bonds is 3. The molecule has 0 fully saturated rings. The number of phenols is 1. The number of nitrogens with zero attached hydrogens (tertiary/aromatic N) is 2. The van der Waals surface area contributed by atoms with Gasteiger partial charge in [0, 0.05) is 6.07 Å². The summed E-state index contributed by atoms with van der Waals surface area (Å²) in [4.78, 5) is 0. The summed E-state index contributed by atoms with van der Waals surface area (Å²) in [5.74, 6) is 5.19. The Hall–Kier alpha value is -2.99. The molecule has 3 rings (SSSR count). The molecule has 0 saturated carbocycles. The summed E-state index contributed by atoms with van der Waals surface area (Å²) in [6.07, 6.45) is 0. The van der Waals surface area contributed by atoms with E-state index in [4.69, 9.17) is 5.84 Å². The topological polar surface area (TPSA) is 83.0 Å². The number of aromatic hydroxyl groups is 1. The number of anilines is 1. The minimum absolute atomic E-state index is 0.0132. The summed E-state index contributed by atoms with van der Waals surface area (Å²) in [6, 6.07) is 10.0. The van der Waals surface area contributed by atoms with E-state index in [1.165, 1.54) is 12.1 Å². The molecule has 0 radical (unpaired) electrons. The first-order valence-corrected chi connectivity index (χ1v) is 7.82. The van der Waals surface area contributed by atoms with Crippen LogP contribution in [0, 0.1) is 26.6 Å². The van der Waals surface area contributed by atoms with Gasteiger partial charge in [0.05, 0.1) is 16.8 Å². The number of azo groups is 1. The highest BCUT2D eigenvalue weighted by Crippen LogP contribution is 2.42. The molecule has 6 heteroatoms. The third-order valence-corrected chi connectivity index (χ3v) is 4.10. The summed E-state index contributed by atoms with van der Waals surface area (Å²) in [7, 11) is 0. The van der Waals surface area contributed by atoms with Crippen LogP contribution in [0.2, 0.25) is 0 Å². The molecule has 3 aromatic carbocycles. The smallest absolute Gasteiger partial charge is 0.153 e. The van der Waals surface area contributed by atoms with Crippen LogP contribution in [-0.2, 0) is 0 Å². The van der Waals surface area contributed by atoms with E-state index < -0.39 is 0 Å². The number of nitrogens with one attached hydrogen (secondary N) is 1. The van der Waals surface area contributed by atoms with Gasteiger partial charge >= 0.3 is 0 Å². The lowest BCUT2D eigenvalue weighted by Crippen LogP contribution is -2.07. The Morgan fingerprint density at radius 2 is 1.76 bits per heavy atom. The van der Waals surface area contributed by atoms with Crippen molar-refractivity contribution in [2.45, 2.75) is 20.8 Å². The molecule has 0 aliphatic carbocycles. The maximum absolute atomic E-state index is 13.4. The summed E-state index contributed by atoms with van der Waals surface area (Å²) >= 11 is 0. The standard InChI is InChI=1S/C19H19FN4O/c1-10-6-13-8-12(3)18(19(25)17(13)16(7-10)22-21)24-23-15-9-14(20)5-4-11(15)2/h4-9,22,25H,21H2,1-3H3. The van der Waals surface area contributed by atoms with Gasteiger partial charge < -0.3 is 10.5 Å². The van der Waals surface area contributed by atoms with Crippen LogP contribution in [0.25, 0.3) is 10.8 Å². The van der Waals surface area contributed by atoms with Gasteiger partial charge in [-0.3, -0.25) is 5.84 Å². The number of benzene rings is 3. The molecule has 25 heavy (non-hydrogen) atoms. The highest BCUT2D eigenvalue weighted by molar-refractivity contribution is 6.02. The third-order valence-electron chi connectivity index (χ3n) is 4.10. The predicted octanol–water partition coefficient (Wildman–Crippen LogP) is 5.31.